The summed E-state index contributed by atoms with van der Waals surface area (Å²) in [4.78, 5) is 34.1. The molecule has 1 aliphatic rings. The van der Waals surface area contributed by atoms with Gasteiger partial charge in [-0.05, 0) is 53.1 Å². The number of rotatable bonds is 3. The maximum atomic E-state index is 12.5. The summed E-state index contributed by atoms with van der Waals surface area (Å²) in [6.07, 6.45) is 1.86. The van der Waals surface area contributed by atoms with Crippen LogP contribution in [0.1, 0.15) is 28.1 Å². The van der Waals surface area contributed by atoms with Crippen molar-refractivity contribution in [2.45, 2.75) is 25.3 Å². The number of nitro benzene ring substituents is 1. The molecular formula is C16H13IN2O5. The molecule has 1 aliphatic carbocycles. The van der Waals surface area contributed by atoms with E-state index in [1.165, 1.54) is 18.2 Å². The van der Waals surface area contributed by atoms with Crippen molar-refractivity contribution in [3.63, 3.8) is 0 Å². The highest BCUT2D eigenvalue weighted by atomic mass is 127. The number of hydrogen-bond donors (Lipinski definition) is 1. The smallest absolute Gasteiger partial charge is 0.335 e. The molecule has 0 saturated heterocycles. The molecule has 1 unspecified atom stereocenters. The number of nitrogens with one attached hydrogen (secondary N) is 1. The summed E-state index contributed by atoms with van der Waals surface area (Å²) in [6.45, 7) is 0. The van der Waals surface area contributed by atoms with Crippen molar-refractivity contribution >= 4 is 34.2 Å². The van der Waals surface area contributed by atoms with Crippen LogP contribution >= 0.6 is 22.6 Å². The fourth-order valence-electron chi connectivity index (χ4n) is 2.72. The van der Waals surface area contributed by atoms with Crippen LogP contribution in [-0.2, 0) is 12.8 Å². The Morgan fingerprint density at radius 1 is 1.33 bits per heavy atom. The van der Waals surface area contributed by atoms with Crippen molar-refractivity contribution < 1.29 is 14.1 Å². The number of nitro groups is 1. The molecule has 7 nitrogen and oxygen atoms in total. The van der Waals surface area contributed by atoms with Crippen molar-refractivity contribution in [2.24, 2.45) is 0 Å². The van der Waals surface area contributed by atoms with Crippen LogP contribution in [0.3, 0.4) is 0 Å². The van der Waals surface area contributed by atoms with E-state index in [0.717, 1.165) is 12.0 Å². The zero-order valence-electron chi connectivity index (χ0n) is 12.5. The van der Waals surface area contributed by atoms with Gasteiger partial charge in [-0.15, -0.1) is 0 Å². The van der Waals surface area contributed by atoms with Crippen LogP contribution < -0.4 is 10.9 Å². The van der Waals surface area contributed by atoms with Crippen LogP contribution in [0.5, 0.6) is 0 Å². The summed E-state index contributed by atoms with van der Waals surface area (Å²) in [5.74, 6) is 0.225. The minimum absolute atomic E-state index is 0.124. The van der Waals surface area contributed by atoms with Crippen molar-refractivity contribution in [2.75, 3.05) is 0 Å². The Balaban J connectivity index is 1.77. The molecule has 1 amide bonds. The minimum Gasteiger partial charge on any atom is -0.428 e. The number of amides is 1. The van der Waals surface area contributed by atoms with E-state index in [9.17, 15) is 19.7 Å². The molecule has 1 heterocycles. The average molecular weight is 440 g/mol. The minimum atomic E-state index is -0.529. The SMILES string of the molecule is O=C(NC1CCc2ccc(=O)oc2C1)c1cc([N+](=O)[O-])ccc1I. The monoisotopic (exact) mass is 440 g/mol. The van der Waals surface area contributed by atoms with Crippen LogP contribution in [0.15, 0.2) is 39.5 Å². The number of benzene rings is 1. The van der Waals surface area contributed by atoms with Gasteiger partial charge in [0, 0.05) is 34.2 Å². The zero-order valence-corrected chi connectivity index (χ0v) is 14.6. The Bertz CT molecular complexity index is 877. The van der Waals surface area contributed by atoms with E-state index >= 15 is 0 Å². The summed E-state index contributed by atoms with van der Waals surface area (Å²) in [5, 5.41) is 13.7. The average Bonchev–Trinajstić information content (AvgIpc) is 2.54. The molecule has 2 aromatic rings. The van der Waals surface area contributed by atoms with Gasteiger partial charge in [0.25, 0.3) is 11.6 Å². The molecule has 24 heavy (non-hydrogen) atoms. The molecule has 0 aliphatic heterocycles. The zero-order chi connectivity index (χ0) is 17.3. The maximum Gasteiger partial charge on any atom is 0.335 e. The van der Waals surface area contributed by atoms with Crippen LogP contribution in [0.4, 0.5) is 5.69 Å². The second-order valence-corrected chi connectivity index (χ2v) is 6.70. The van der Waals surface area contributed by atoms with Crippen molar-refractivity contribution in [3.8, 4) is 0 Å². The lowest BCUT2D eigenvalue weighted by Gasteiger charge is -2.24. The topological polar surface area (TPSA) is 102 Å². The Labute approximate surface area is 150 Å². The number of halogens is 1. The normalized spacial score (nSPS) is 16.3. The van der Waals surface area contributed by atoms with Gasteiger partial charge in [-0.25, -0.2) is 4.79 Å². The number of aryl methyl sites for hydroxylation is 1. The molecule has 8 heteroatoms. The number of carbonyl (C=O) groups excluding carboxylic acids is 1. The van der Waals surface area contributed by atoms with Gasteiger partial charge < -0.3 is 9.73 Å². The van der Waals surface area contributed by atoms with Gasteiger partial charge in [-0.3, -0.25) is 14.9 Å². The standard InChI is InChI=1S/C16H13IN2O5/c17-13-5-4-11(19(22)23)8-12(13)16(21)18-10-3-1-9-2-6-15(20)24-14(9)7-10/h2,4-6,8,10H,1,3,7H2,(H,18,21). The quantitative estimate of drug-likeness (QED) is 0.449. The van der Waals surface area contributed by atoms with E-state index in [0.29, 0.717) is 22.2 Å². The third-order valence-corrected chi connectivity index (χ3v) is 4.88. The molecular weight excluding hydrogens is 427 g/mol. The van der Waals surface area contributed by atoms with Gasteiger partial charge in [-0.1, -0.05) is 0 Å². The Hall–Kier alpha value is -2.23. The molecule has 0 fully saturated rings. The fourth-order valence-corrected chi connectivity index (χ4v) is 3.30. The Kier molecular flexibility index (Phi) is 4.65. The molecule has 0 saturated carbocycles. The largest absolute Gasteiger partial charge is 0.428 e. The summed E-state index contributed by atoms with van der Waals surface area (Å²) >= 11 is 1.97. The van der Waals surface area contributed by atoms with Gasteiger partial charge in [0.15, 0.2) is 0 Å². The number of fused-ring (bicyclic) bond motifs is 1. The number of nitrogens with zero attached hydrogens (tertiary/aromatic N) is 1. The number of carbonyl (C=O) groups is 1. The van der Waals surface area contributed by atoms with Gasteiger partial charge in [-0.2, -0.15) is 0 Å². The second kappa shape index (κ2) is 6.71. The van der Waals surface area contributed by atoms with Gasteiger partial charge in [0.05, 0.1) is 10.5 Å². The molecule has 1 atom stereocenters. The Morgan fingerprint density at radius 2 is 2.12 bits per heavy atom. The molecule has 3 rings (SSSR count). The fraction of sp³-hybridized carbons (Fsp3) is 0.250. The molecule has 1 N–H and O–H groups in total. The van der Waals surface area contributed by atoms with E-state index in [-0.39, 0.29) is 23.2 Å². The highest BCUT2D eigenvalue weighted by molar-refractivity contribution is 14.1. The molecule has 0 bridgehead atoms. The van der Waals surface area contributed by atoms with E-state index in [2.05, 4.69) is 5.32 Å². The van der Waals surface area contributed by atoms with Crippen molar-refractivity contribution in [1.29, 1.82) is 0 Å². The first-order valence-corrected chi connectivity index (χ1v) is 8.38. The number of hydrogen-bond acceptors (Lipinski definition) is 5. The maximum absolute atomic E-state index is 12.5. The molecule has 1 aromatic heterocycles. The molecule has 0 radical (unpaired) electrons. The third-order valence-electron chi connectivity index (χ3n) is 3.94. The summed E-state index contributed by atoms with van der Waals surface area (Å²) in [6, 6.07) is 7.15. The van der Waals surface area contributed by atoms with Gasteiger partial charge in [0.1, 0.15) is 5.76 Å². The lowest BCUT2D eigenvalue weighted by atomic mass is 9.93. The van der Waals surface area contributed by atoms with E-state index in [4.69, 9.17) is 4.42 Å². The number of non-ortho nitro benzene ring substituents is 1. The predicted molar refractivity (Wildman–Crippen MR) is 94.1 cm³/mol. The first kappa shape index (κ1) is 16.6. The Morgan fingerprint density at radius 3 is 2.88 bits per heavy atom. The second-order valence-electron chi connectivity index (χ2n) is 5.54. The first-order chi connectivity index (χ1) is 11.4. The summed E-state index contributed by atoms with van der Waals surface area (Å²) < 4.78 is 5.83. The van der Waals surface area contributed by atoms with Crippen molar-refractivity contribution in [3.05, 3.63) is 71.3 Å². The lowest BCUT2D eigenvalue weighted by molar-refractivity contribution is -0.384. The van der Waals surface area contributed by atoms with E-state index in [1.54, 1.807) is 12.1 Å². The molecule has 1 aromatic carbocycles. The lowest BCUT2D eigenvalue weighted by Crippen LogP contribution is -2.39. The predicted octanol–water partition coefficient (Wildman–Crippen LogP) is 2.44. The molecule has 0 spiro atoms. The van der Waals surface area contributed by atoms with E-state index in [1.807, 2.05) is 22.6 Å². The van der Waals surface area contributed by atoms with Gasteiger partial charge >= 0.3 is 5.63 Å². The van der Waals surface area contributed by atoms with Crippen LogP contribution in [0.25, 0.3) is 0 Å². The van der Waals surface area contributed by atoms with Crippen LogP contribution in [0, 0.1) is 13.7 Å². The highest BCUT2D eigenvalue weighted by Gasteiger charge is 2.24. The van der Waals surface area contributed by atoms with Crippen molar-refractivity contribution in [1.82, 2.24) is 5.32 Å². The molecule has 124 valence electrons. The summed E-state index contributed by atoms with van der Waals surface area (Å²) in [5.41, 5.74) is 0.713. The van der Waals surface area contributed by atoms with Crippen LogP contribution in [0.2, 0.25) is 0 Å². The van der Waals surface area contributed by atoms with Crippen LogP contribution in [-0.4, -0.2) is 16.9 Å². The first-order valence-electron chi connectivity index (χ1n) is 7.31. The van der Waals surface area contributed by atoms with Gasteiger partial charge in [0.2, 0.25) is 0 Å². The highest BCUT2D eigenvalue weighted by Crippen LogP contribution is 2.22. The third kappa shape index (κ3) is 3.48. The van der Waals surface area contributed by atoms with E-state index < -0.39 is 10.5 Å². The summed E-state index contributed by atoms with van der Waals surface area (Å²) in [7, 11) is 0.